The second-order valence-electron chi connectivity index (χ2n) is 6.67. The Hall–Kier alpha value is -2.82. The van der Waals surface area contributed by atoms with Crippen molar-refractivity contribution in [1.29, 1.82) is 0 Å². The number of aromatic nitrogens is 2. The first-order valence-corrected chi connectivity index (χ1v) is 8.68. The van der Waals surface area contributed by atoms with E-state index in [2.05, 4.69) is 47.1 Å². The van der Waals surface area contributed by atoms with Crippen LogP contribution in [0.5, 0.6) is 0 Å². The van der Waals surface area contributed by atoms with Crippen LogP contribution in [0.3, 0.4) is 0 Å². The number of carbonyl (C=O) groups excluding carboxylic acids is 1. The number of H-pyrrole nitrogens is 1. The molecule has 4 rings (SSSR count). The summed E-state index contributed by atoms with van der Waals surface area (Å²) in [5, 5.41) is 8.08. The largest absolute Gasteiger partial charge is 0.368 e. The van der Waals surface area contributed by atoms with Gasteiger partial charge in [0.15, 0.2) is 5.69 Å². The van der Waals surface area contributed by atoms with Gasteiger partial charge >= 0.3 is 0 Å². The summed E-state index contributed by atoms with van der Waals surface area (Å²) in [5.74, 6) is 0.0113. The molecule has 1 aliphatic heterocycles. The minimum absolute atomic E-state index is 0.0113. The number of amides is 1. The SMILES string of the molecule is Cc1ccc(N2CCN(C(=O)c3n[nH]c4ccccc34)CC2)cc1C. The van der Waals surface area contributed by atoms with Gasteiger partial charge in [-0.1, -0.05) is 24.3 Å². The van der Waals surface area contributed by atoms with Gasteiger partial charge in [-0.3, -0.25) is 9.89 Å². The van der Waals surface area contributed by atoms with Gasteiger partial charge < -0.3 is 9.80 Å². The van der Waals surface area contributed by atoms with Crippen LogP contribution >= 0.6 is 0 Å². The van der Waals surface area contributed by atoms with Gasteiger partial charge in [0.25, 0.3) is 5.91 Å². The molecule has 1 amide bonds. The van der Waals surface area contributed by atoms with Crippen molar-refractivity contribution in [3.63, 3.8) is 0 Å². The number of hydrogen-bond donors (Lipinski definition) is 1. The molecule has 0 aliphatic carbocycles. The monoisotopic (exact) mass is 334 g/mol. The summed E-state index contributed by atoms with van der Waals surface area (Å²) in [5.41, 5.74) is 5.28. The summed E-state index contributed by atoms with van der Waals surface area (Å²) in [4.78, 5) is 17.1. The number of nitrogens with zero attached hydrogens (tertiary/aromatic N) is 3. The van der Waals surface area contributed by atoms with Gasteiger partial charge in [0.2, 0.25) is 0 Å². The Kier molecular flexibility index (Phi) is 3.92. The lowest BCUT2D eigenvalue weighted by atomic mass is 10.1. The zero-order valence-corrected chi connectivity index (χ0v) is 14.6. The molecule has 5 heteroatoms. The zero-order chi connectivity index (χ0) is 17.4. The van der Waals surface area contributed by atoms with E-state index in [1.807, 2.05) is 29.2 Å². The summed E-state index contributed by atoms with van der Waals surface area (Å²) in [6.45, 7) is 7.39. The van der Waals surface area contributed by atoms with E-state index in [9.17, 15) is 4.79 Å². The van der Waals surface area contributed by atoms with Crippen molar-refractivity contribution in [2.24, 2.45) is 0 Å². The van der Waals surface area contributed by atoms with E-state index in [1.165, 1.54) is 16.8 Å². The van der Waals surface area contributed by atoms with Crippen LogP contribution in [0, 0.1) is 13.8 Å². The highest BCUT2D eigenvalue weighted by Crippen LogP contribution is 2.22. The first-order chi connectivity index (χ1) is 12.1. The molecule has 2 aromatic carbocycles. The van der Waals surface area contributed by atoms with Crippen molar-refractivity contribution in [2.75, 3.05) is 31.1 Å². The number of nitrogens with one attached hydrogen (secondary N) is 1. The number of rotatable bonds is 2. The van der Waals surface area contributed by atoms with E-state index in [4.69, 9.17) is 0 Å². The molecule has 0 atom stereocenters. The Bertz CT molecular complexity index is 922. The summed E-state index contributed by atoms with van der Waals surface area (Å²) in [6.07, 6.45) is 0. The average molecular weight is 334 g/mol. The maximum Gasteiger partial charge on any atom is 0.275 e. The Morgan fingerprint density at radius 1 is 1.00 bits per heavy atom. The molecule has 3 aromatic rings. The number of benzene rings is 2. The standard InChI is InChI=1S/C20H22N4O/c1-14-7-8-16(13-15(14)2)23-9-11-24(12-10-23)20(25)19-17-5-3-4-6-18(17)21-22-19/h3-8,13H,9-12H2,1-2H3,(H,21,22). The topological polar surface area (TPSA) is 52.2 Å². The number of carbonyl (C=O) groups is 1. The fraction of sp³-hybridized carbons (Fsp3) is 0.300. The molecule has 5 nitrogen and oxygen atoms in total. The van der Waals surface area contributed by atoms with E-state index in [0.717, 1.165) is 24.0 Å². The lowest BCUT2D eigenvalue weighted by Gasteiger charge is -2.36. The van der Waals surface area contributed by atoms with Crippen LogP contribution in [-0.2, 0) is 0 Å². The second kappa shape index (κ2) is 6.24. The normalized spacial score (nSPS) is 15.0. The van der Waals surface area contributed by atoms with E-state index in [1.54, 1.807) is 0 Å². The summed E-state index contributed by atoms with van der Waals surface area (Å²) in [7, 11) is 0. The van der Waals surface area contributed by atoms with Gasteiger partial charge in [-0.15, -0.1) is 0 Å². The highest BCUT2D eigenvalue weighted by Gasteiger charge is 2.25. The number of anilines is 1. The predicted octanol–water partition coefficient (Wildman–Crippen LogP) is 3.14. The Morgan fingerprint density at radius 2 is 1.76 bits per heavy atom. The smallest absolute Gasteiger partial charge is 0.275 e. The van der Waals surface area contributed by atoms with E-state index < -0.39 is 0 Å². The number of fused-ring (bicyclic) bond motifs is 1. The molecular weight excluding hydrogens is 312 g/mol. The predicted molar refractivity (Wildman–Crippen MR) is 100 cm³/mol. The fourth-order valence-corrected chi connectivity index (χ4v) is 3.37. The molecule has 0 unspecified atom stereocenters. The Balaban J connectivity index is 1.48. The van der Waals surface area contributed by atoms with Gasteiger partial charge in [0.05, 0.1) is 5.52 Å². The number of para-hydroxylation sites is 1. The Labute approximate surface area is 147 Å². The van der Waals surface area contributed by atoms with Crippen LogP contribution in [-0.4, -0.2) is 47.2 Å². The summed E-state index contributed by atoms with van der Waals surface area (Å²) < 4.78 is 0. The molecule has 1 saturated heterocycles. The van der Waals surface area contributed by atoms with Crippen LogP contribution in [0.25, 0.3) is 10.9 Å². The van der Waals surface area contributed by atoms with Crippen molar-refractivity contribution >= 4 is 22.5 Å². The molecule has 1 aromatic heterocycles. The lowest BCUT2D eigenvalue weighted by molar-refractivity contribution is 0.0742. The molecular formula is C20H22N4O. The molecule has 1 fully saturated rings. The van der Waals surface area contributed by atoms with Crippen LogP contribution < -0.4 is 4.90 Å². The molecule has 0 spiro atoms. The van der Waals surface area contributed by atoms with Crippen LogP contribution in [0.4, 0.5) is 5.69 Å². The maximum atomic E-state index is 12.8. The summed E-state index contributed by atoms with van der Waals surface area (Å²) in [6, 6.07) is 14.3. The molecule has 0 radical (unpaired) electrons. The lowest BCUT2D eigenvalue weighted by Crippen LogP contribution is -2.49. The van der Waals surface area contributed by atoms with Gasteiger partial charge in [-0.2, -0.15) is 5.10 Å². The average Bonchev–Trinajstić information content (AvgIpc) is 3.08. The van der Waals surface area contributed by atoms with Crippen LogP contribution in [0.1, 0.15) is 21.6 Å². The molecule has 2 heterocycles. The molecule has 0 saturated carbocycles. The molecule has 0 bridgehead atoms. The third kappa shape index (κ3) is 2.86. The third-order valence-corrected chi connectivity index (χ3v) is 5.10. The number of aromatic amines is 1. The van der Waals surface area contributed by atoms with Crippen molar-refractivity contribution in [3.8, 4) is 0 Å². The number of hydrogen-bond acceptors (Lipinski definition) is 3. The van der Waals surface area contributed by atoms with Crippen molar-refractivity contribution < 1.29 is 4.79 Å². The van der Waals surface area contributed by atoms with Gasteiger partial charge in [-0.25, -0.2) is 0 Å². The molecule has 25 heavy (non-hydrogen) atoms. The van der Waals surface area contributed by atoms with Crippen LogP contribution in [0.15, 0.2) is 42.5 Å². The van der Waals surface area contributed by atoms with Crippen LogP contribution in [0.2, 0.25) is 0 Å². The molecule has 1 aliphatic rings. The maximum absolute atomic E-state index is 12.8. The highest BCUT2D eigenvalue weighted by atomic mass is 16.2. The van der Waals surface area contributed by atoms with E-state index in [0.29, 0.717) is 18.8 Å². The second-order valence-corrected chi connectivity index (χ2v) is 6.67. The zero-order valence-electron chi connectivity index (χ0n) is 14.6. The number of piperazine rings is 1. The Morgan fingerprint density at radius 3 is 2.52 bits per heavy atom. The van der Waals surface area contributed by atoms with E-state index in [-0.39, 0.29) is 5.91 Å². The van der Waals surface area contributed by atoms with E-state index >= 15 is 0 Å². The van der Waals surface area contributed by atoms with Crippen molar-refractivity contribution in [1.82, 2.24) is 15.1 Å². The van der Waals surface area contributed by atoms with Gasteiger partial charge in [-0.05, 0) is 43.2 Å². The quantitative estimate of drug-likeness (QED) is 0.783. The molecule has 128 valence electrons. The molecule has 1 N–H and O–H groups in total. The van der Waals surface area contributed by atoms with Crippen molar-refractivity contribution in [2.45, 2.75) is 13.8 Å². The minimum atomic E-state index is 0.0113. The van der Waals surface area contributed by atoms with Gasteiger partial charge in [0.1, 0.15) is 0 Å². The minimum Gasteiger partial charge on any atom is -0.368 e. The summed E-state index contributed by atoms with van der Waals surface area (Å²) >= 11 is 0. The van der Waals surface area contributed by atoms with Gasteiger partial charge in [0, 0.05) is 37.3 Å². The number of aryl methyl sites for hydroxylation is 2. The highest BCUT2D eigenvalue weighted by molar-refractivity contribution is 6.04. The first kappa shape index (κ1) is 15.7. The van der Waals surface area contributed by atoms with Crippen molar-refractivity contribution in [3.05, 3.63) is 59.3 Å². The fourth-order valence-electron chi connectivity index (χ4n) is 3.37. The third-order valence-electron chi connectivity index (χ3n) is 5.10. The first-order valence-electron chi connectivity index (χ1n) is 8.68.